The van der Waals surface area contributed by atoms with Crippen LogP contribution in [0.3, 0.4) is 0 Å². The van der Waals surface area contributed by atoms with E-state index in [1.165, 1.54) is 17.0 Å². The molecule has 96 valence electrons. The maximum atomic E-state index is 12.7. The molecule has 2 aromatic rings. The van der Waals surface area contributed by atoms with Crippen LogP contribution in [0.5, 0.6) is 0 Å². The van der Waals surface area contributed by atoms with Gasteiger partial charge in [-0.15, -0.1) is 11.3 Å². The average molecular weight is 264 g/mol. The van der Waals surface area contributed by atoms with Crippen LogP contribution >= 0.6 is 11.3 Å². The van der Waals surface area contributed by atoms with Crippen LogP contribution in [0.4, 0.5) is 4.39 Å². The standard InChI is InChI=1S/C14H17FN2S/c1-10-14(18-11(2)17-10)9-16-8-7-12-3-5-13(15)6-4-12/h3-6,16H,7-9H2,1-2H3. The molecular weight excluding hydrogens is 247 g/mol. The molecule has 0 saturated carbocycles. The topological polar surface area (TPSA) is 24.9 Å². The highest BCUT2D eigenvalue weighted by molar-refractivity contribution is 7.11. The van der Waals surface area contributed by atoms with Crippen molar-refractivity contribution in [2.24, 2.45) is 0 Å². The van der Waals surface area contributed by atoms with Crippen LogP contribution in [0.25, 0.3) is 0 Å². The van der Waals surface area contributed by atoms with Crippen molar-refractivity contribution in [3.05, 3.63) is 51.2 Å². The Morgan fingerprint density at radius 2 is 1.94 bits per heavy atom. The summed E-state index contributed by atoms with van der Waals surface area (Å²) in [5, 5.41) is 4.51. The van der Waals surface area contributed by atoms with Gasteiger partial charge in [0.15, 0.2) is 0 Å². The van der Waals surface area contributed by atoms with E-state index >= 15 is 0 Å². The van der Waals surface area contributed by atoms with Crippen LogP contribution in [0, 0.1) is 19.7 Å². The summed E-state index contributed by atoms with van der Waals surface area (Å²) in [4.78, 5) is 5.69. The second-order valence-corrected chi connectivity index (χ2v) is 5.58. The van der Waals surface area contributed by atoms with Gasteiger partial charge in [-0.25, -0.2) is 9.37 Å². The van der Waals surface area contributed by atoms with E-state index in [-0.39, 0.29) is 5.82 Å². The summed E-state index contributed by atoms with van der Waals surface area (Å²) in [6.07, 6.45) is 0.914. The van der Waals surface area contributed by atoms with Crippen LogP contribution < -0.4 is 5.32 Å². The van der Waals surface area contributed by atoms with E-state index in [0.29, 0.717) is 0 Å². The lowest BCUT2D eigenvalue weighted by Crippen LogP contribution is -2.16. The van der Waals surface area contributed by atoms with E-state index in [0.717, 1.165) is 35.8 Å². The SMILES string of the molecule is Cc1nc(C)c(CNCCc2ccc(F)cc2)s1. The highest BCUT2D eigenvalue weighted by Gasteiger charge is 2.03. The number of halogens is 1. The van der Waals surface area contributed by atoms with Gasteiger partial charge in [0.2, 0.25) is 0 Å². The molecule has 0 fully saturated rings. The number of aromatic nitrogens is 1. The van der Waals surface area contributed by atoms with Crippen molar-refractivity contribution in [3.63, 3.8) is 0 Å². The van der Waals surface area contributed by atoms with Crippen molar-refractivity contribution in [2.75, 3.05) is 6.54 Å². The molecule has 0 atom stereocenters. The fraction of sp³-hybridized carbons (Fsp3) is 0.357. The van der Waals surface area contributed by atoms with Crippen molar-refractivity contribution in [3.8, 4) is 0 Å². The zero-order valence-corrected chi connectivity index (χ0v) is 11.5. The Kier molecular flexibility index (Phi) is 4.44. The number of thiazole rings is 1. The molecule has 1 aromatic heterocycles. The molecule has 2 nitrogen and oxygen atoms in total. The van der Waals surface area contributed by atoms with Crippen LogP contribution in [0.1, 0.15) is 21.1 Å². The summed E-state index contributed by atoms with van der Waals surface area (Å²) in [7, 11) is 0. The number of hydrogen-bond donors (Lipinski definition) is 1. The number of nitrogens with one attached hydrogen (secondary N) is 1. The molecule has 0 aliphatic heterocycles. The second-order valence-electron chi connectivity index (χ2n) is 4.29. The summed E-state index contributed by atoms with van der Waals surface area (Å²) in [5.74, 6) is -0.178. The number of nitrogens with zero attached hydrogens (tertiary/aromatic N) is 1. The van der Waals surface area contributed by atoms with Gasteiger partial charge in [0.05, 0.1) is 10.7 Å². The van der Waals surface area contributed by atoms with Gasteiger partial charge < -0.3 is 5.32 Å². The first kappa shape index (κ1) is 13.2. The molecule has 0 aliphatic carbocycles. The maximum Gasteiger partial charge on any atom is 0.123 e. The third kappa shape index (κ3) is 3.62. The Hall–Kier alpha value is -1.26. The summed E-state index contributed by atoms with van der Waals surface area (Å²) in [6, 6.07) is 6.68. The Balaban J connectivity index is 1.76. The van der Waals surface area contributed by atoms with E-state index in [2.05, 4.69) is 10.3 Å². The molecule has 1 heterocycles. The highest BCUT2D eigenvalue weighted by atomic mass is 32.1. The first-order chi connectivity index (χ1) is 8.65. The highest BCUT2D eigenvalue weighted by Crippen LogP contribution is 2.16. The molecule has 0 bridgehead atoms. The lowest BCUT2D eigenvalue weighted by atomic mass is 10.1. The number of hydrogen-bond acceptors (Lipinski definition) is 3. The Morgan fingerprint density at radius 3 is 2.56 bits per heavy atom. The smallest absolute Gasteiger partial charge is 0.123 e. The average Bonchev–Trinajstić information content (AvgIpc) is 2.66. The van der Waals surface area contributed by atoms with Gasteiger partial charge in [-0.3, -0.25) is 0 Å². The second kappa shape index (κ2) is 6.07. The normalized spacial score (nSPS) is 10.8. The van der Waals surface area contributed by atoms with E-state index in [1.807, 2.05) is 26.0 Å². The van der Waals surface area contributed by atoms with Gasteiger partial charge in [0.25, 0.3) is 0 Å². The van der Waals surface area contributed by atoms with Crippen molar-refractivity contribution in [1.29, 1.82) is 0 Å². The van der Waals surface area contributed by atoms with Gasteiger partial charge in [-0.1, -0.05) is 12.1 Å². The third-order valence-corrected chi connectivity index (χ3v) is 3.86. The molecule has 0 amide bonds. The van der Waals surface area contributed by atoms with Gasteiger partial charge in [-0.2, -0.15) is 0 Å². The predicted molar refractivity (Wildman–Crippen MR) is 73.4 cm³/mol. The summed E-state index contributed by atoms with van der Waals surface area (Å²) in [5.41, 5.74) is 2.27. The lowest BCUT2D eigenvalue weighted by molar-refractivity contribution is 0.626. The third-order valence-electron chi connectivity index (χ3n) is 2.79. The zero-order chi connectivity index (χ0) is 13.0. The fourth-order valence-corrected chi connectivity index (χ4v) is 2.73. The van der Waals surface area contributed by atoms with Crippen LogP contribution in [0.2, 0.25) is 0 Å². The van der Waals surface area contributed by atoms with E-state index in [9.17, 15) is 4.39 Å². The number of aryl methyl sites for hydroxylation is 2. The quantitative estimate of drug-likeness (QED) is 0.839. The van der Waals surface area contributed by atoms with Gasteiger partial charge in [0.1, 0.15) is 5.82 Å². The molecule has 0 radical (unpaired) electrons. The molecule has 0 unspecified atom stereocenters. The van der Waals surface area contributed by atoms with Crippen molar-refractivity contribution < 1.29 is 4.39 Å². The van der Waals surface area contributed by atoms with Crippen LogP contribution in [-0.4, -0.2) is 11.5 Å². The van der Waals surface area contributed by atoms with Crippen molar-refractivity contribution >= 4 is 11.3 Å². The summed E-state index contributed by atoms with van der Waals surface area (Å²) >= 11 is 1.74. The van der Waals surface area contributed by atoms with Crippen LogP contribution in [0.15, 0.2) is 24.3 Å². The summed E-state index contributed by atoms with van der Waals surface area (Å²) in [6.45, 7) is 5.82. The van der Waals surface area contributed by atoms with Gasteiger partial charge in [0, 0.05) is 11.4 Å². The fourth-order valence-electron chi connectivity index (χ4n) is 1.82. The Morgan fingerprint density at radius 1 is 1.22 bits per heavy atom. The minimum absolute atomic E-state index is 0.178. The number of benzene rings is 1. The molecule has 0 saturated heterocycles. The molecule has 4 heteroatoms. The minimum Gasteiger partial charge on any atom is -0.311 e. The molecule has 2 rings (SSSR count). The van der Waals surface area contributed by atoms with Crippen molar-refractivity contribution in [1.82, 2.24) is 10.3 Å². The zero-order valence-electron chi connectivity index (χ0n) is 10.7. The number of rotatable bonds is 5. The molecular formula is C14H17FN2S. The van der Waals surface area contributed by atoms with Crippen molar-refractivity contribution in [2.45, 2.75) is 26.8 Å². The van der Waals surface area contributed by atoms with E-state index < -0.39 is 0 Å². The van der Waals surface area contributed by atoms with E-state index in [1.54, 1.807) is 11.3 Å². The Bertz CT molecular complexity index is 505. The first-order valence-electron chi connectivity index (χ1n) is 6.03. The Labute approximate surface area is 111 Å². The van der Waals surface area contributed by atoms with E-state index in [4.69, 9.17) is 0 Å². The lowest BCUT2D eigenvalue weighted by Gasteiger charge is -2.04. The summed E-state index contributed by atoms with van der Waals surface area (Å²) < 4.78 is 12.7. The predicted octanol–water partition coefficient (Wildman–Crippen LogP) is 3.23. The largest absolute Gasteiger partial charge is 0.311 e. The monoisotopic (exact) mass is 264 g/mol. The molecule has 18 heavy (non-hydrogen) atoms. The molecule has 1 aromatic carbocycles. The van der Waals surface area contributed by atoms with Gasteiger partial charge >= 0.3 is 0 Å². The molecule has 0 aliphatic rings. The van der Waals surface area contributed by atoms with Gasteiger partial charge in [-0.05, 0) is 44.5 Å². The van der Waals surface area contributed by atoms with Crippen LogP contribution in [-0.2, 0) is 13.0 Å². The molecule has 1 N–H and O–H groups in total. The first-order valence-corrected chi connectivity index (χ1v) is 6.85. The maximum absolute atomic E-state index is 12.7. The minimum atomic E-state index is -0.178. The molecule has 0 spiro atoms.